The van der Waals surface area contributed by atoms with Gasteiger partial charge in [-0.2, -0.15) is 0 Å². The van der Waals surface area contributed by atoms with E-state index < -0.39 is 0 Å². The highest BCUT2D eigenvalue weighted by molar-refractivity contribution is 4.76. The Labute approximate surface area is 76.9 Å². The molecule has 0 aliphatic carbocycles. The Morgan fingerprint density at radius 3 is 2.83 bits per heavy atom. The Hall–Kier alpha value is -0.0400. The van der Waals surface area contributed by atoms with Crippen LogP contribution in [-0.2, 0) is 0 Å². The van der Waals surface area contributed by atoms with E-state index >= 15 is 0 Å². The summed E-state index contributed by atoms with van der Waals surface area (Å²) in [7, 11) is 0. The van der Waals surface area contributed by atoms with Crippen LogP contribution in [0.25, 0.3) is 0 Å². The van der Waals surface area contributed by atoms with E-state index in [1.807, 2.05) is 0 Å². The van der Waals surface area contributed by atoms with Gasteiger partial charge in [-0.25, -0.2) is 0 Å². The highest BCUT2D eigenvalue weighted by atomic mass is 14.9. The summed E-state index contributed by atoms with van der Waals surface area (Å²) in [5, 5.41) is 3.46. The van der Waals surface area contributed by atoms with E-state index in [1.165, 1.54) is 32.4 Å². The molecule has 1 rings (SSSR count). The smallest absolute Gasteiger partial charge is 0.00205 e. The summed E-state index contributed by atoms with van der Waals surface area (Å²) in [4.78, 5) is 0. The number of hydrogen-bond acceptors (Lipinski definition) is 1. The van der Waals surface area contributed by atoms with Crippen molar-refractivity contribution in [3.8, 4) is 0 Å². The van der Waals surface area contributed by atoms with Gasteiger partial charge in [0.15, 0.2) is 0 Å². The van der Waals surface area contributed by atoms with Gasteiger partial charge in [0.2, 0.25) is 0 Å². The quantitative estimate of drug-likeness (QED) is 0.685. The molecule has 12 heavy (non-hydrogen) atoms. The van der Waals surface area contributed by atoms with E-state index in [0.717, 1.165) is 17.8 Å². The molecular formula is C11H23N. The van der Waals surface area contributed by atoms with Gasteiger partial charge in [0.1, 0.15) is 0 Å². The van der Waals surface area contributed by atoms with Crippen molar-refractivity contribution in [2.75, 3.05) is 13.1 Å². The molecule has 1 aliphatic heterocycles. The second kappa shape index (κ2) is 4.86. The lowest BCUT2D eigenvalue weighted by Crippen LogP contribution is -2.35. The first-order valence-electron chi connectivity index (χ1n) is 5.44. The van der Waals surface area contributed by atoms with Crippen molar-refractivity contribution in [3.63, 3.8) is 0 Å². The molecule has 0 aromatic rings. The minimum absolute atomic E-state index is 0.896. The fourth-order valence-corrected chi connectivity index (χ4v) is 2.10. The van der Waals surface area contributed by atoms with Gasteiger partial charge in [0.25, 0.3) is 0 Å². The minimum atomic E-state index is 0.896. The lowest BCUT2D eigenvalue weighted by Gasteiger charge is -2.31. The molecule has 3 atom stereocenters. The molecule has 0 amide bonds. The maximum absolute atomic E-state index is 3.46. The molecule has 72 valence electrons. The van der Waals surface area contributed by atoms with E-state index in [2.05, 4.69) is 26.1 Å². The van der Waals surface area contributed by atoms with Crippen molar-refractivity contribution in [2.24, 2.45) is 17.8 Å². The molecule has 1 saturated heterocycles. The van der Waals surface area contributed by atoms with Crippen LogP contribution in [0.15, 0.2) is 0 Å². The van der Waals surface area contributed by atoms with E-state index in [9.17, 15) is 0 Å². The lowest BCUT2D eigenvalue weighted by molar-refractivity contribution is 0.228. The Morgan fingerprint density at radius 2 is 2.25 bits per heavy atom. The number of hydrogen-bond donors (Lipinski definition) is 1. The normalized spacial score (nSPS) is 33.2. The van der Waals surface area contributed by atoms with Crippen LogP contribution in [0.1, 0.15) is 40.0 Å². The molecule has 0 radical (unpaired) electrons. The zero-order valence-corrected chi connectivity index (χ0v) is 8.77. The summed E-state index contributed by atoms with van der Waals surface area (Å²) in [5.41, 5.74) is 0. The number of nitrogens with one attached hydrogen (secondary N) is 1. The Balaban J connectivity index is 2.28. The molecule has 0 saturated carbocycles. The van der Waals surface area contributed by atoms with Gasteiger partial charge in [0.05, 0.1) is 0 Å². The molecule has 0 spiro atoms. The first-order valence-corrected chi connectivity index (χ1v) is 5.44. The third-order valence-corrected chi connectivity index (χ3v) is 3.36. The van der Waals surface area contributed by atoms with Gasteiger partial charge < -0.3 is 5.32 Å². The largest absolute Gasteiger partial charge is 0.316 e. The molecule has 1 heterocycles. The van der Waals surface area contributed by atoms with Gasteiger partial charge in [-0.1, -0.05) is 27.2 Å². The van der Waals surface area contributed by atoms with Crippen LogP contribution in [0.2, 0.25) is 0 Å². The minimum Gasteiger partial charge on any atom is -0.316 e. The van der Waals surface area contributed by atoms with Crippen molar-refractivity contribution < 1.29 is 0 Å². The van der Waals surface area contributed by atoms with Gasteiger partial charge in [-0.05, 0) is 43.7 Å². The van der Waals surface area contributed by atoms with E-state index in [4.69, 9.17) is 0 Å². The van der Waals surface area contributed by atoms with Gasteiger partial charge >= 0.3 is 0 Å². The maximum Gasteiger partial charge on any atom is -0.00205 e. The highest BCUT2D eigenvalue weighted by Crippen LogP contribution is 2.26. The zero-order valence-electron chi connectivity index (χ0n) is 8.77. The molecule has 0 aromatic carbocycles. The SMILES string of the molecule is CCC(C)CC1CCNCC1C. The summed E-state index contributed by atoms with van der Waals surface area (Å²) >= 11 is 0. The van der Waals surface area contributed by atoms with E-state index in [0.29, 0.717) is 0 Å². The van der Waals surface area contributed by atoms with Gasteiger partial charge in [-0.15, -0.1) is 0 Å². The molecule has 1 nitrogen and oxygen atoms in total. The van der Waals surface area contributed by atoms with Crippen molar-refractivity contribution in [3.05, 3.63) is 0 Å². The summed E-state index contributed by atoms with van der Waals surface area (Å²) in [5.74, 6) is 2.81. The Bertz CT molecular complexity index is 122. The maximum atomic E-state index is 3.46. The second-order valence-electron chi connectivity index (χ2n) is 4.48. The lowest BCUT2D eigenvalue weighted by atomic mass is 9.81. The highest BCUT2D eigenvalue weighted by Gasteiger charge is 2.21. The van der Waals surface area contributed by atoms with Crippen LogP contribution in [0, 0.1) is 17.8 Å². The summed E-state index contributed by atoms with van der Waals surface area (Å²) in [6.45, 7) is 9.55. The Morgan fingerprint density at radius 1 is 1.50 bits per heavy atom. The first kappa shape index (κ1) is 10.0. The van der Waals surface area contributed by atoms with Crippen molar-refractivity contribution >= 4 is 0 Å². The van der Waals surface area contributed by atoms with Crippen molar-refractivity contribution in [1.29, 1.82) is 0 Å². The second-order valence-corrected chi connectivity index (χ2v) is 4.48. The summed E-state index contributed by atoms with van der Waals surface area (Å²) in [6, 6.07) is 0. The molecular weight excluding hydrogens is 146 g/mol. The molecule has 1 heteroatoms. The van der Waals surface area contributed by atoms with E-state index in [-0.39, 0.29) is 0 Å². The monoisotopic (exact) mass is 169 g/mol. The van der Waals surface area contributed by atoms with Crippen molar-refractivity contribution in [1.82, 2.24) is 5.32 Å². The van der Waals surface area contributed by atoms with Crippen LogP contribution in [0.5, 0.6) is 0 Å². The van der Waals surface area contributed by atoms with E-state index in [1.54, 1.807) is 0 Å². The summed E-state index contributed by atoms with van der Waals surface area (Å²) in [6.07, 6.45) is 4.18. The average molecular weight is 169 g/mol. The van der Waals surface area contributed by atoms with Crippen LogP contribution in [-0.4, -0.2) is 13.1 Å². The fourth-order valence-electron chi connectivity index (χ4n) is 2.10. The molecule has 0 aromatic heterocycles. The molecule has 0 bridgehead atoms. The van der Waals surface area contributed by atoms with Crippen LogP contribution >= 0.6 is 0 Å². The predicted octanol–water partition coefficient (Wildman–Crippen LogP) is 2.67. The average Bonchev–Trinajstić information content (AvgIpc) is 2.09. The zero-order chi connectivity index (χ0) is 8.97. The predicted molar refractivity (Wildman–Crippen MR) is 54.2 cm³/mol. The molecule has 1 N–H and O–H groups in total. The number of piperidine rings is 1. The van der Waals surface area contributed by atoms with Gasteiger partial charge in [0, 0.05) is 0 Å². The first-order chi connectivity index (χ1) is 5.74. The molecule has 1 fully saturated rings. The summed E-state index contributed by atoms with van der Waals surface area (Å²) < 4.78 is 0. The third-order valence-electron chi connectivity index (χ3n) is 3.36. The molecule has 3 unspecified atom stereocenters. The van der Waals surface area contributed by atoms with Crippen LogP contribution in [0.4, 0.5) is 0 Å². The van der Waals surface area contributed by atoms with Crippen molar-refractivity contribution in [2.45, 2.75) is 40.0 Å². The van der Waals surface area contributed by atoms with Crippen LogP contribution in [0.3, 0.4) is 0 Å². The molecule has 1 aliphatic rings. The van der Waals surface area contributed by atoms with Gasteiger partial charge in [-0.3, -0.25) is 0 Å². The standard InChI is InChI=1S/C11H23N/c1-4-9(2)7-11-5-6-12-8-10(11)3/h9-12H,4-8H2,1-3H3. The number of rotatable bonds is 3. The Kier molecular flexibility index (Phi) is 4.07. The topological polar surface area (TPSA) is 12.0 Å². The third kappa shape index (κ3) is 2.78. The van der Waals surface area contributed by atoms with Crippen LogP contribution < -0.4 is 5.32 Å². The fraction of sp³-hybridized carbons (Fsp3) is 1.00.